The Morgan fingerprint density at radius 3 is 2.53 bits per heavy atom. The normalized spacial score (nSPS) is 10.8. The summed E-state index contributed by atoms with van der Waals surface area (Å²) in [6.07, 6.45) is 3.02. The second kappa shape index (κ2) is 11.0. The molecule has 36 heavy (non-hydrogen) atoms. The zero-order chi connectivity index (χ0) is 25.7. The average Bonchev–Trinajstić information content (AvgIpc) is 3.25. The number of carbonyl (C=O) groups excluding carboxylic acids is 3. The van der Waals surface area contributed by atoms with Crippen molar-refractivity contribution in [3.63, 3.8) is 0 Å². The third-order valence-electron chi connectivity index (χ3n) is 5.74. The van der Waals surface area contributed by atoms with Crippen LogP contribution in [0.25, 0.3) is 22.3 Å². The van der Waals surface area contributed by atoms with Gasteiger partial charge in [-0.1, -0.05) is 17.7 Å². The van der Waals surface area contributed by atoms with Crippen molar-refractivity contribution >= 4 is 46.0 Å². The third-order valence-corrected chi connectivity index (χ3v) is 5.97. The van der Waals surface area contributed by atoms with E-state index in [0.717, 1.165) is 27.9 Å². The Morgan fingerprint density at radius 2 is 1.81 bits per heavy atom. The maximum absolute atomic E-state index is 12.8. The number of aryl methyl sites for hydroxylation is 1. The number of methoxy groups -OCH3 is 2. The van der Waals surface area contributed by atoms with Gasteiger partial charge in [0.2, 0.25) is 5.91 Å². The van der Waals surface area contributed by atoms with E-state index in [4.69, 9.17) is 21.1 Å². The van der Waals surface area contributed by atoms with Crippen LogP contribution in [0.4, 0.5) is 5.69 Å². The second-order valence-electron chi connectivity index (χ2n) is 8.03. The van der Waals surface area contributed by atoms with Crippen LogP contribution in [0.2, 0.25) is 5.02 Å². The summed E-state index contributed by atoms with van der Waals surface area (Å²) >= 11 is 6.25. The molecule has 184 valence electrons. The van der Waals surface area contributed by atoms with E-state index in [0.29, 0.717) is 17.9 Å². The van der Waals surface area contributed by atoms with Crippen molar-refractivity contribution in [2.75, 3.05) is 19.5 Å². The minimum atomic E-state index is -0.627. The molecule has 2 N–H and O–H groups in total. The lowest BCUT2D eigenvalue weighted by Crippen LogP contribution is -2.16. The number of aromatic amines is 1. The first-order valence-corrected chi connectivity index (χ1v) is 11.6. The molecule has 0 saturated carbocycles. The number of amides is 1. The molecule has 4 rings (SSSR count). The van der Waals surface area contributed by atoms with Gasteiger partial charge in [-0.15, -0.1) is 0 Å². The molecule has 0 unspecified atom stereocenters. The van der Waals surface area contributed by atoms with E-state index in [2.05, 4.69) is 15.3 Å². The molecule has 0 fully saturated rings. The van der Waals surface area contributed by atoms with Gasteiger partial charge >= 0.3 is 11.9 Å². The number of pyridine rings is 1. The number of nitrogens with zero attached hydrogens (tertiary/aromatic N) is 1. The Morgan fingerprint density at radius 1 is 1.00 bits per heavy atom. The summed E-state index contributed by atoms with van der Waals surface area (Å²) in [7, 11) is 2.50. The highest BCUT2D eigenvalue weighted by Gasteiger charge is 2.18. The summed E-state index contributed by atoms with van der Waals surface area (Å²) in [5.74, 6) is -1.52. The van der Waals surface area contributed by atoms with Crippen LogP contribution in [0.5, 0.6) is 0 Å². The lowest BCUT2D eigenvalue weighted by Gasteiger charge is -2.11. The van der Waals surface area contributed by atoms with Crippen LogP contribution < -0.4 is 5.32 Å². The van der Waals surface area contributed by atoms with Crippen molar-refractivity contribution in [3.8, 4) is 11.4 Å². The molecular formula is C27H24ClN3O5. The van der Waals surface area contributed by atoms with Gasteiger partial charge < -0.3 is 19.8 Å². The molecule has 0 spiro atoms. The molecule has 2 heterocycles. The molecule has 2 aromatic carbocycles. The van der Waals surface area contributed by atoms with Crippen LogP contribution in [0.3, 0.4) is 0 Å². The van der Waals surface area contributed by atoms with Gasteiger partial charge in [0, 0.05) is 28.5 Å². The predicted molar refractivity (Wildman–Crippen MR) is 137 cm³/mol. The van der Waals surface area contributed by atoms with Crippen molar-refractivity contribution in [1.29, 1.82) is 0 Å². The number of benzene rings is 2. The maximum Gasteiger partial charge on any atom is 0.339 e. The molecular weight excluding hydrogens is 482 g/mol. The highest BCUT2D eigenvalue weighted by molar-refractivity contribution is 6.31. The Bertz CT molecular complexity index is 1430. The first kappa shape index (κ1) is 24.9. The summed E-state index contributed by atoms with van der Waals surface area (Å²) in [6, 6.07) is 15.6. The van der Waals surface area contributed by atoms with Gasteiger partial charge in [0.05, 0.1) is 42.4 Å². The molecule has 0 aliphatic heterocycles. The first-order chi connectivity index (χ1) is 17.4. The van der Waals surface area contributed by atoms with Crippen molar-refractivity contribution in [2.24, 2.45) is 0 Å². The van der Waals surface area contributed by atoms with Crippen LogP contribution >= 0.6 is 11.6 Å². The minimum Gasteiger partial charge on any atom is -0.465 e. The molecule has 1 amide bonds. The summed E-state index contributed by atoms with van der Waals surface area (Å²) in [4.78, 5) is 44.8. The summed E-state index contributed by atoms with van der Waals surface area (Å²) < 4.78 is 9.53. The zero-order valence-electron chi connectivity index (χ0n) is 19.8. The molecule has 2 aromatic heterocycles. The van der Waals surface area contributed by atoms with E-state index in [1.54, 1.807) is 6.20 Å². The standard InChI is InChI=1S/C27H24ClN3O5/c1-35-26(33)16-9-11-19(27(34)36-2)23(14-16)30-24(32)8-5-6-18-20-15-17(28)10-12-21(20)31-25(18)22-7-3-4-13-29-22/h3-4,7,9-15,31H,5-6,8H2,1-2H3,(H,30,32). The van der Waals surface area contributed by atoms with Gasteiger partial charge in [-0.3, -0.25) is 9.78 Å². The molecule has 0 radical (unpaired) electrons. The number of H-pyrrole nitrogens is 1. The second-order valence-corrected chi connectivity index (χ2v) is 8.47. The Labute approximate surface area is 212 Å². The number of hydrogen-bond acceptors (Lipinski definition) is 6. The maximum atomic E-state index is 12.8. The lowest BCUT2D eigenvalue weighted by atomic mass is 10.0. The summed E-state index contributed by atoms with van der Waals surface area (Å²) in [6.45, 7) is 0. The number of hydrogen-bond donors (Lipinski definition) is 2. The number of nitrogens with one attached hydrogen (secondary N) is 2. The Kier molecular flexibility index (Phi) is 7.65. The number of halogens is 1. The van der Waals surface area contributed by atoms with E-state index in [1.165, 1.54) is 32.4 Å². The molecule has 0 aliphatic rings. The molecule has 9 heteroatoms. The van der Waals surface area contributed by atoms with Crippen molar-refractivity contribution in [3.05, 3.63) is 82.5 Å². The van der Waals surface area contributed by atoms with Gasteiger partial charge in [-0.05, 0) is 66.9 Å². The SMILES string of the molecule is COC(=O)c1ccc(C(=O)OC)c(NC(=O)CCCc2c(-c3ccccn3)[nH]c3ccc(Cl)cc23)c1. The lowest BCUT2D eigenvalue weighted by molar-refractivity contribution is -0.116. The van der Waals surface area contributed by atoms with Crippen LogP contribution in [0.15, 0.2) is 60.8 Å². The molecule has 0 bridgehead atoms. The fourth-order valence-corrected chi connectivity index (χ4v) is 4.20. The fourth-order valence-electron chi connectivity index (χ4n) is 4.03. The largest absolute Gasteiger partial charge is 0.465 e. The molecule has 8 nitrogen and oxygen atoms in total. The van der Waals surface area contributed by atoms with E-state index in [1.807, 2.05) is 36.4 Å². The van der Waals surface area contributed by atoms with Crippen molar-refractivity contribution < 1.29 is 23.9 Å². The first-order valence-electron chi connectivity index (χ1n) is 11.2. The van der Waals surface area contributed by atoms with Gasteiger partial charge in [-0.2, -0.15) is 0 Å². The Balaban J connectivity index is 1.53. The number of aromatic nitrogens is 2. The number of esters is 2. The topological polar surface area (TPSA) is 110 Å². The highest BCUT2D eigenvalue weighted by Crippen LogP contribution is 2.32. The van der Waals surface area contributed by atoms with Crippen molar-refractivity contribution in [1.82, 2.24) is 9.97 Å². The number of carbonyl (C=O) groups is 3. The summed E-state index contributed by atoms with van der Waals surface area (Å²) in [5.41, 5.74) is 4.16. The highest BCUT2D eigenvalue weighted by atomic mass is 35.5. The van der Waals surface area contributed by atoms with Gasteiger partial charge in [-0.25, -0.2) is 9.59 Å². The van der Waals surface area contributed by atoms with Crippen LogP contribution in [0, 0.1) is 0 Å². The van der Waals surface area contributed by atoms with E-state index in [-0.39, 0.29) is 29.1 Å². The molecule has 0 aliphatic carbocycles. The molecule has 0 atom stereocenters. The smallest absolute Gasteiger partial charge is 0.339 e. The third kappa shape index (κ3) is 5.39. The summed E-state index contributed by atoms with van der Waals surface area (Å²) in [5, 5.41) is 4.32. The number of ether oxygens (including phenoxy) is 2. The molecule has 0 saturated heterocycles. The van der Waals surface area contributed by atoms with E-state index in [9.17, 15) is 14.4 Å². The van der Waals surface area contributed by atoms with Crippen LogP contribution in [0.1, 0.15) is 39.1 Å². The minimum absolute atomic E-state index is 0.141. The fraction of sp³-hybridized carbons (Fsp3) is 0.185. The van der Waals surface area contributed by atoms with Gasteiger partial charge in [0.25, 0.3) is 0 Å². The average molecular weight is 506 g/mol. The number of anilines is 1. The number of rotatable bonds is 8. The van der Waals surface area contributed by atoms with Gasteiger partial charge in [0.1, 0.15) is 0 Å². The monoisotopic (exact) mass is 505 g/mol. The Hall–Kier alpha value is -4.17. The van der Waals surface area contributed by atoms with Crippen LogP contribution in [-0.4, -0.2) is 42.0 Å². The van der Waals surface area contributed by atoms with E-state index >= 15 is 0 Å². The number of fused-ring (bicyclic) bond motifs is 1. The predicted octanol–water partition coefficient (Wildman–Crippen LogP) is 5.42. The molecule has 4 aromatic rings. The van der Waals surface area contributed by atoms with Crippen molar-refractivity contribution in [2.45, 2.75) is 19.3 Å². The van der Waals surface area contributed by atoms with E-state index < -0.39 is 11.9 Å². The van der Waals surface area contributed by atoms with Gasteiger partial charge in [0.15, 0.2) is 0 Å². The zero-order valence-corrected chi connectivity index (χ0v) is 20.5. The van der Waals surface area contributed by atoms with Crippen LogP contribution in [-0.2, 0) is 20.7 Å². The quantitative estimate of drug-likeness (QED) is 0.309.